The molecule has 15 heavy (non-hydrogen) atoms. The highest BCUT2D eigenvalue weighted by Crippen LogP contribution is 2.25. The van der Waals surface area contributed by atoms with Crippen LogP contribution in [-0.4, -0.2) is 18.5 Å². The second-order valence-corrected chi connectivity index (χ2v) is 4.67. The molecule has 1 aliphatic heterocycles. The maximum atomic E-state index is 11.7. The Morgan fingerprint density at radius 3 is 2.80 bits per heavy atom. The molecule has 1 aromatic carbocycles. The van der Waals surface area contributed by atoms with Crippen LogP contribution in [0, 0.1) is 6.92 Å². The van der Waals surface area contributed by atoms with Crippen molar-refractivity contribution in [1.82, 2.24) is 0 Å². The number of hydrogen-bond donors (Lipinski definition) is 1. The fourth-order valence-corrected chi connectivity index (χ4v) is 2.00. The van der Waals surface area contributed by atoms with Gasteiger partial charge in [-0.05, 0) is 37.1 Å². The monoisotopic (exact) mass is 268 g/mol. The molecule has 0 bridgehead atoms. The minimum atomic E-state index is -0.325. The van der Waals surface area contributed by atoms with Crippen LogP contribution in [0.4, 0.5) is 5.69 Å². The minimum Gasteiger partial charge on any atom is -0.320 e. The Morgan fingerprint density at radius 1 is 1.53 bits per heavy atom. The number of nitrogens with two attached hydrogens (primary N) is 1. The molecular weight excluding hydrogens is 256 g/mol. The number of rotatable bonds is 1. The summed E-state index contributed by atoms with van der Waals surface area (Å²) in [6.07, 6.45) is 0.744. The molecule has 1 aromatic rings. The minimum absolute atomic E-state index is 0.0247. The lowest BCUT2D eigenvalue weighted by molar-refractivity contribution is -0.118. The summed E-state index contributed by atoms with van der Waals surface area (Å²) in [6, 6.07) is 5.57. The molecule has 0 unspecified atom stereocenters. The first-order chi connectivity index (χ1) is 7.09. The van der Waals surface area contributed by atoms with Gasteiger partial charge in [-0.25, -0.2) is 0 Å². The molecule has 4 heteroatoms. The Balaban J connectivity index is 2.31. The molecule has 0 radical (unpaired) electrons. The van der Waals surface area contributed by atoms with Gasteiger partial charge in [0, 0.05) is 16.7 Å². The van der Waals surface area contributed by atoms with Gasteiger partial charge in [0.1, 0.15) is 0 Å². The van der Waals surface area contributed by atoms with E-state index in [1.54, 1.807) is 4.90 Å². The van der Waals surface area contributed by atoms with Crippen LogP contribution in [0.3, 0.4) is 0 Å². The number of anilines is 1. The number of halogens is 1. The lowest BCUT2D eigenvalue weighted by Gasteiger charge is -2.17. The van der Waals surface area contributed by atoms with Crippen molar-refractivity contribution in [2.24, 2.45) is 5.73 Å². The summed E-state index contributed by atoms with van der Waals surface area (Å²) >= 11 is 3.44. The smallest absolute Gasteiger partial charge is 0.243 e. The first-order valence-corrected chi connectivity index (χ1v) is 5.72. The second-order valence-electron chi connectivity index (χ2n) is 3.82. The van der Waals surface area contributed by atoms with Crippen molar-refractivity contribution in [3.05, 3.63) is 28.2 Å². The van der Waals surface area contributed by atoms with Crippen molar-refractivity contribution >= 4 is 27.5 Å². The molecule has 0 saturated carbocycles. The molecule has 80 valence electrons. The van der Waals surface area contributed by atoms with Gasteiger partial charge in [0.15, 0.2) is 0 Å². The third-order valence-electron chi connectivity index (χ3n) is 2.70. The average molecular weight is 269 g/mol. The van der Waals surface area contributed by atoms with Gasteiger partial charge >= 0.3 is 0 Å². The Bertz CT molecular complexity index is 406. The summed E-state index contributed by atoms with van der Waals surface area (Å²) in [5, 5.41) is 0. The van der Waals surface area contributed by atoms with Gasteiger partial charge in [-0.3, -0.25) is 4.79 Å². The van der Waals surface area contributed by atoms with Crippen LogP contribution in [0.25, 0.3) is 0 Å². The van der Waals surface area contributed by atoms with Crippen molar-refractivity contribution in [1.29, 1.82) is 0 Å². The van der Waals surface area contributed by atoms with E-state index in [4.69, 9.17) is 5.73 Å². The molecule has 1 saturated heterocycles. The van der Waals surface area contributed by atoms with Gasteiger partial charge in [-0.2, -0.15) is 0 Å². The molecule has 3 nitrogen and oxygen atoms in total. The maximum Gasteiger partial charge on any atom is 0.243 e. The quantitative estimate of drug-likeness (QED) is 0.845. The predicted molar refractivity (Wildman–Crippen MR) is 63.8 cm³/mol. The second kappa shape index (κ2) is 3.94. The SMILES string of the molecule is Cc1cc(N2CC[C@@H](N)C2=O)ccc1Br. The van der Waals surface area contributed by atoms with Crippen LogP contribution in [0.2, 0.25) is 0 Å². The lowest BCUT2D eigenvalue weighted by Crippen LogP contribution is -2.33. The zero-order chi connectivity index (χ0) is 11.0. The van der Waals surface area contributed by atoms with E-state index in [1.807, 2.05) is 25.1 Å². The maximum absolute atomic E-state index is 11.7. The van der Waals surface area contributed by atoms with Crippen LogP contribution in [0.1, 0.15) is 12.0 Å². The van der Waals surface area contributed by atoms with Crippen molar-refractivity contribution in [3.8, 4) is 0 Å². The van der Waals surface area contributed by atoms with Crippen molar-refractivity contribution in [2.45, 2.75) is 19.4 Å². The topological polar surface area (TPSA) is 46.3 Å². The van der Waals surface area contributed by atoms with E-state index in [2.05, 4.69) is 15.9 Å². The number of nitrogens with zero attached hydrogens (tertiary/aromatic N) is 1. The summed E-state index contributed by atoms with van der Waals surface area (Å²) in [4.78, 5) is 13.4. The van der Waals surface area contributed by atoms with E-state index in [-0.39, 0.29) is 11.9 Å². The zero-order valence-corrected chi connectivity index (χ0v) is 10.1. The standard InChI is InChI=1S/C11H13BrN2O/c1-7-6-8(2-3-9(7)12)14-5-4-10(13)11(14)15/h2-3,6,10H,4-5,13H2,1H3/t10-/m1/s1. The van der Waals surface area contributed by atoms with Crippen LogP contribution in [-0.2, 0) is 4.79 Å². The lowest BCUT2D eigenvalue weighted by atomic mass is 10.2. The molecule has 1 heterocycles. The summed E-state index contributed by atoms with van der Waals surface area (Å²) in [5.74, 6) is 0.0247. The van der Waals surface area contributed by atoms with E-state index in [0.29, 0.717) is 0 Å². The molecular formula is C11H13BrN2O. The molecule has 0 spiro atoms. The fraction of sp³-hybridized carbons (Fsp3) is 0.364. The van der Waals surface area contributed by atoms with Gasteiger partial charge in [0.05, 0.1) is 6.04 Å². The Hall–Kier alpha value is -0.870. The molecule has 1 amide bonds. The number of amides is 1. The highest BCUT2D eigenvalue weighted by Gasteiger charge is 2.29. The zero-order valence-electron chi connectivity index (χ0n) is 8.53. The number of carbonyl (C=O) groups excluding carboxylic acids is 1. The molecule has 1 aliphatic rings. The van der Waals surface area contributed by atoms with E-state index in [1.165, 1.54) is 0 Å². The van der Waals surface area contributed by atoms with Crippen molar-refractivity contribution < 1.29 is 4.79 Å². The van der Waals surface area contributed by atoms with Gasteiger partial charge in [0.25, 0.3) is 0 Å². The van der Waals surface area contributed by atoms with Crippen LogP contribution >= 0.6 is 15.9 Å². The number of hydrogen-bond acceptors (Lipinski definition) is 2. The molecule has 2 N–H and O–H groups in total. The summed E-state index contributed by atoms with van der Waals surface area (Å²) < 4.78 is 1.06. The van der Waals surface area contributed by atoms with Crippen molar-refractivity contribution in [3.63, 3.8) is 0 Å². The number of aryl methyl sites for hydroxylation is 1. The largest absolute Gasteiger partial charge is 0.320 e. The van der Waals surface area contributed by atoms with Crippen molar-refractivity contribution in [2.75, 3.05) is 11.4 Å². The third kappa shape index (κ3) is 1.92. The normalized spacial score (nSPS) is 21.1. The summed E-state index contributed by atoms with van der Waals surface area (Å²) in [7, 11) is 0. The van der Waals surface area contributed by atoms with E-state index >= 15 is 0 Å². The fourth-order valence-electron chi connectivity index (χ4n) is 1.76. The van der Waals surface area contributed by atoms with Crippen LogP contribution in [0.5, 0.6) is 0 Å². The molecule has 1 atom stereocenters. The molecule has 2 rings (SSSR count). The Morgan fingerprint density at radius 2 is 2.27 bits per heavy atom. The molecule has 0 aromatic heterocycles. The first kappa shape index (κ1) is 10.6. The first-order valence-electron chi connectivity index (χ1n) is 4.92. The van der Waals surface area contributed by atoms with Gasteiger partial charge in [-0.15, -0.1) is 0 Å². The Kier molecular flexibility index (Phi) is 2.80. The van der Waals surface area contributed by atoms with Gasteiger partial charge in [0.2, 0.25) is 5.91 Å². The van der Waals surface area contributed by atoms with Gasteiger partial charge in [-0.1, -0.05) is 15.9 Å². The highest BCUT2D eigenvalue weighted by molar-refractivity contribution is 9.10. The third-order valence-corrected chi connectivity index (χ3v) is 3.59. The van der Waals surface area contributed by atoms with Crippen LogP contribution < -0.4 is 10.6 Å². The highest BCUT2D eigenvalue weighted by atomic mass is 79.9. The van der Waals surface area contributed by atoms with E-state index in [9.17, 15) is 4.79 Å². The molecule has 1 fully saturated rings. The Labute approximate surface area is 97.4 Å². The number of benzene rings is 1. The van der Waals surface area contributed by atoms with Gasteiger partial charge < -0.3 is 10.6 Å². The average Bonchev–Trinajstić information content (AvgIpc) is 2.53. The van der Waals surface area contributed by atoms with E-state index < -0.39 is 0 Å². The van der Waals surface area contributed by atoms with E-state index in [0.717, 1.165) is 28.7 Å². The summed E-state index contributed by atoms with van der Waals surface area (Å²) in [5.41, 5.74) is 7.74. The van der Waals surface area contributed by atoms with Crippen LogP contribution in [0.15, 0.2) is 22.7 Å². The number of carbonyl (C=O) groups is 1. The summed E-state index contributed by atoms with van der Waals surface area (Å²) in [6.45, 7) is 2.73. The molecule has 0 aliphatic carbocycles. The predicted octanol–water partition coefficient (Wildman–Crippen LogP) is 1.82.